The van der Waals surface area contributed by atoms with Gasteiger partial charge in [-0.25, -0.2) is 0 Å². The molecule has 0 heterocycles. The molecule has 0 aliphatic heterocycles. The molecule has 1 aliphatic rings. The predicted octanol–water partition coefficient (Wildman–Crippen LogP) is 2.66. The van der Waals surface area contributed by atoms with Gasteiger partial charge >= 0.3 is 0 Å². The summed E-state index contributed by atoms with van der Waals surface area (Å²) in [4.78, 5) is 33.2. The molecular formula is C15H12BrClN2O4. The van der Waals surface area contributed by atoms with Crippen molar-refractivity contribution in [2.75, 3.05) is 5.33 Å². The third kappa shape index (κ3) is 3.86. The van der Waals surface area contributed by atoms with Crippen molar-refractivity contribution in [1.82, 2.24) is 5.32 Å². The maximum absolute atomic E-state index is 12.7. The number of hydrogen-bond donors (Lipinski definition) is 1. The Morgan fingerprint density at radius 1 is 1.35 bits per heavy atom. The van der Waals surface area contributed by atoms with Crippen LogP contribution in [0.2, 0.25) is 0 Å². The molecule has 0 saturated carbocycles. The van der Waals surface area contributed by atoms with E-state index in [4.69, 9.17) is 11.6 Å². The molecule has 0 fully saturated rings. The number of rotatable bonds is 5. The van der Waals surface area contributed by atoms with Crippen LogP contribution >= 0.6 is 27.5 Å². The first-order chi connectivity index (χ1) is 10.9. The molecule has 1 amide bonds. The number of ketones is 1. The van der Waals surface area contributed by atoms with Crippen molar-refractivity contribution in [2.45, 2.75) is 5.00 Å². The van der Waals surface area contributed by atoms with Crippen LogP contribution in [-0.2, 0) is 4.79 Å². The predicted molar refractivity (Wildman–Crippen MR) is 89.0 cm³/mol. The number of Topliss-reactive ketones (excluding diaryl/α,β-unsaturated/α-hetero) is 1. The molecule has 1 N–H and O–H groups in total. The number of allylic oxidation sites excluding steroid dienone is 1. The number of nitrogens with zero attached hydrogens (tertiary/aromatic N) is 1. The fraction of sp³-hybridized carbons (Fsp3) is 0.200. The fourth-order valence-electron chi connectivity index (χ4n) is 2.19. The zero-order valence-corrected chi connectivity index (χ0v) is 14.1. The van der Waals surface area contributed by atoms with Gasteiger partial charge in [0.2, 0.25) is 5.91 Å². The van der Waals surface area contributed by atoms with Crippen LogP contribution in [0.25, 0.3) is 0 Å². The van der Waals surface area contributed by atoms with E-state index in [-0.39, 0.29) is 11.0 Å². The van der Waals surface area contributed by atoms with Crippen LogP contribution in [0.15, 0.2) is 54.3 Å². The van der Waals surface area contributed by atoms with Crippen LogP contribution in [-0.4, -0.2) is 26.9 Å². The van der Waals surface area contributed by atoms with Crippen molar-refractivity contribution in [3.8, 4) is 0 Å². The van der Waals surface area contributed by atoms with Crippen molar-refractivity contribution in [2.24, 2.45) is 5.92 Å². The average Bonchev–Trinajstić information content (AvgIpc) is 2.54. The molecule has 0 spiro atoms. The van der Waals surface area contributed by atoms with E-state index < -0.39 is 27.5 Å². The fourth-order valence-corrected chi connectivity index (χ4v) is 2.67. The Morgan fingerprint density at radius 3 is 2.57 bits per heavy atom. The first-order valence-corrected chi connectivity index (χ1v) is 8.08. The molecule has 0 saturated heterocycles. The van der Waals surface area contributed by atoms with Gasteiger partial charge in [-0.2, -0.15) is 0 Å². The molecule has 6 nitrogen and oxygen atoms in total. The Bertz CT molecular complexity index is 705. The Balaban J connectivity index is 2.43. The third-order valence-corrected chi connectivity index (χ3v) is 4.26. The quantitative estimate of drug-likeness (QED) is 0.271. The summed E-state index contributed by atoms with van der Waals surface area (Å²) >= 11 is 9.40. The summed E-state index contributed by atoms with van der Waals surface area (Å²) in [6.45, 7) is 0. The average molecular weight is 400 g/mol. The van der Waals surface area contributed by atoms with Gasteiger partial charge in [0.25, 0.3) is 5.70 Å². The Kier molecular flexibility index (Phi) is 5.33. The molecule has 0 aromatic heterocycles. The second-order valence-corrected chi connectivity index (χ2v) is 6.03. The van der Waals surface area contributed by atoms with Gasteiger partial charge in [-0.05, 0) is 6.08 Å². The van der Waals surface area contributed by atoms with Crippen LogP contribution in [0.3, 0.4) is 0 Å². The van der Waals surface area contributed by atoms with Gasteiger partial charge in [0.15, 0.2) is 5.78 Å². The maximum atomic E-state index is 12.7. The van der Waals surface area contributed by atoms with Crippen molar-refractivity contribution >= 4 is 39.2 Å². The van der Waals surface area contributed by atoms with Crippen molar-refractivity contribution in [3.05, 3.63) is 69.9 Å². The summed E-state index contributed by atoms with van der Waals surface area (Å²) in [7, 11) is 0. The molecule has 1 aliphatic carbocycles. The lowest BCUT2D eigenvalue weighted by Gasteiger charge is -2.32. The highest BCUT2D eigenvalue weighted by Crippen LogP contribution is 2.34. The van der Waals surface area contributed by atoms with Gasteiger partial charge < -0.3 is 5.32 Å². The second kappa shape index (κ2) is 7.06. The van der Waals surface area contributed by atoms with E-state index in [0.29, 0.717) is 5.56 Å². The molecule has 0 bridgehead atoms. The first kappa shape index (κ1) is 17.4. The minimum absolute atomic E-state index is 0.00658. The number of halogens is 2. The van der Waals surface area contributed by atoms with Crippen LogP contribution in [0.1, 0.15) is 10.4 Å². The highest BCUT2D eigenvalue weighted by molar-refractivity contribution is 9.09. The molecule has 2 unspecified atom stereocenters. The van der Waals surface area contributed by atoms with Crippen LogP contribution in [0.4, 0.5) is 0 Å². The van der Waals surface area contributed by atoms with E-state index in [9.17, 15) is 19.7 Å². The van der Waals surface area contributed by atoms with Gasteiger partial charge in [0, 0.05) is 17.7 Å². The van der Waals surface area contributed by atoms with E-state index in [1.165, 1.54) is 12.2 Å². The Labute approximate surface area is 145 Å². The summed E-state index contributed by atoms with van der Waals surface area (Å²) in [6.07, 6.45) is 3.60. The van der Waals surface area contributed by atoms with Gasteiger partial charge in [-0.15, -0.1) is 0 Å². The minimum Gasteiger partial charge on any atom is -0.332 e. The summed E-state index contributed by atoms with van der Waals surface area (Å²) in [5, 5.41) is 13.5. The summed E-state index contributed by atoms with van der Waals surface area (Å²) in [5.41, 5.74) is 0.105. The van der Waals surface area contributed by atoms with Crippen LogP contribution in [0, 0.1) is 16.0 Å². The van der Waals surface area contributed by atoms with Crippen molar-refractivity contribution in [1.29, 1.82) is 0 Å². The monoisotopic (exact) mass is 398 g/mol. The number of benzene rings is 1. The third-order valence-electron chi connectivity index (χ3n) is 3.29. The molecule has 1 aromatic carbocycles. The second-order valence-electron chi connectivity index (χ2n) is 4.84. The molecule has 2 rings (SSSR count). The first-order valence-electron chi connectivity index (χ1n) is 6.58. The normalized spacial score (nSPS) is 23.0. The summed E-state index contributed by atoms with van der Waals surface area (Å²) in [5.74, 6) is -1.95. The zero-order chi connectivity index (χ0) is 17.0. The number of carbonyl (C=O) groups is 2. The number of hydrogen-bond acceptors (Lipinski definition) is 4. The minimum atomic E-state index is -1.56. The topological polar surface area (TPSA) is 89.3 Å². The smallest absolute Gasteiger partial charge is 0.266 e. The highest BCUT2D eigenvalue weighted by Gasteiger charge is 2.43. The number of amides is 1. The lowest BCUT2D eigenvalue weighted by Crippen LogP contribution is -2.51. The van der Waals surface area contributed by atoms with Crippen molar-refractivity contribution < 1.29 is 14.5 Å². The lowest BCUT2D eigenvalue weighted by atomic mass is 9.86. The standard InChI is InChI=1S/C15H12BrClN2O4/c16-9-13(20)18-15(17)7-6-11(19(22)23)8-12(15)14(21)10-4-2-1-3-5-10/h1-8,12H,9H2,(H,18,20). The van der Waals surface area contributed by atoms with E-state index in [2.05, 4.69) is 21.2 Å². The molecule has 8 heteroatoms. The zero-order valence-electron chi connectivity index (χ0n) is 11.7. The maximum Gasteiger partial charge on any atom is 0.266 e. The number of carbonyl (C=O) groups excluding carboxylic acids is 2. The highest BCUT2D eigenvalue weighted by atomic mass is 79.9. The van der Waals surface area contributed by atoms with E-state index >= 15 is 0 Å². The SMILES string of the molecule is O=C(CBr)NC1(Cl)C=CC([N+](=O)[O-])=CC1C(=O)c1ccccc1. The summed E-state index contributed by atoms with van der Waals surface area (Å²) < 4.78 is 0. The van der Waals surface area contributed by atoms with Gasteiger partial charge in [0.1, 0.15) is 5.00 Å². The molecule has 2 atom stereocenters. The molecular weight excluding hydrogens is 388 g/mol. The van der Waals surface area contributed by atoms with Gasteiger partial charge in [0.05, 0.1) is 16.2 Å². The summed E-state index contributed by atoms with van der Waals surface area (Å²) in [6, 6.07) is 8.28. The molecule has 0 radical (unpaired) electrons. The van der Waals surface area contributed by atoms with Crippen LogP contribution in [0.5, 0.6) is 0 Å². The van der Waals surface area contributed by atoms with E-state index in [1.807, 2.05) is 0 Å². The van der Waals surface area contributed by atoms with Gasteiger partial charge in [-0.3, -0.25) is 19.7 Å². The molecule has 120 valence electrons. The number of alkyl halides is 2. The lowest BCUT2D eigenvalue weighted by molar-refractivity contribution is -0.419. The number of nitro groups is 1. The van der Waals surface area contributed by atoms with E-state index in [0.717, 1.165) is 6.08 Å². The van der Waals surface area contributed by atoms with Crippen molar-refractivity contribution in [3.63, 3.8) is 0 Å². The van der Waals surface area contributed by atoms with Gasteiger partial charge in [-0.1, -0.05) is 57.9 Å². The Morgan fingerprint density at radius 2 is 2.00 bits per heavy atom. The largest absolute Gasteiger partial charge is 0.332 e. The van der Waals surface area contributed by atoms with E-state index in [1.54, 1.807) is 30.3 Å². The van der Waals surface area contributed by atoms with Crippen LogP contribution < -0.4 is 5.32 Å². The Hall–Kier alpha value is -1.99. The molecule has 1 aromatic rings. The number of nitrogens with one attached hydrogen (secondary N) is 1. The molecule has 23 heavy (non-hydrogen) atoms.